The Bertz CT molecular complexity index is 578. The van der Waals surface area contributed by atoms with Gasteiger partial charge in [-0.3, -0.25) is 4.79 Å². The molecule has 0 aliphatic carbocycles. The summed E-state index contributed by atoms with van der Waals surface area (Å²) in [6, 6.07) is 15.0. The van der Waals surface area contributed by atoms with Crippen LogP contribution in [0.3, 0.4) is 0 Å². The van der Waals surface area contributed by atoms with Crippen LogP contribution in [0.25, 0.3) is 0 Å². The van der Waals surface area contributed by atoms with Crippen molar-refractivity contribution >= 4 is 5.78 Å². The molecule has 2 aromatic carbocycles. The van der Waals surface area contributed by atoms with Gasteiger partial charge in [-0.2, -0.15) is 0 Å². The highest BCUT2D eigenvalue weighted by Gasteiger charge is 2.26. The Kier molecular flexibility index (Phi) is 5.23. The summed E-state index contributed by atoms with van der Waals surface area (Å²) in [4.78, 5) is 12.6. The molecule has 0 spiro atoms. The van der Waals surface area contributed by atoms with Gasteiger partial charge in [0.05, 0.1) is 12.0 Å². The smallest absolute Gasteiger partial charge is 0.168 e. The number of rotatable bonds is 6. The van der Waals surface area contributed by atoms with Crippen molar-refractivity contribution in [2.45, 2.75) is 25.9 Å². The fourth-order valence-electron chi connectivity index (χ4n) is 2.38. The Morgan fingerprint density at radius 2 is 1.71 bits per heavy atom. The van der Waals surface area contributed by atoms with Crippen LogP contribution < -0.4 is 0 Å². The van der Waals surface area contributed by atoms with Gasteiger partial charge in [0.1, 0.15) is 5.82 Å². The number of halogens is 1. The Morgan fingerprint density at radius 1 is 1.10 bits per heavy atom. The lowest BCUT2D eigenvalue weighted by Crippen LogP contribution is -2.30. The highest BCUT2D eigenvalue weighted by molar-refractivity contribution is 5.98. The van der Waals surface area contributed by atoms with Gasteiger partial charge in [0.25, 0.3) is 0 Å². The maximum Gasteiger partial charge on any atom is 0.168 e. The van der Waals surface area contributed by atoms with E-state index in [1.54, 1.807) is 36.4 Å². The molecule has 21 heavy (non-hydrogen) atoms. The molecule has 0 saturated heterocycles. The van der Waals surface area contributed by atoms with Gasteiger partial charge in [0.2, 0.25) is 0 Å². The fourth-order valence-corrected chi connectivity index (χ4v) is 2.38. The second-order valence-corrected chi connectivity index (χ2v) is 5.14. The molecule has 3 heteroatoms. The molecular weight excluding hydrogens is 267 g/mol. The number of carbonyl (C=O) groups excluding carboxylic acids is 1. The largest absolute Gasteiger partial charge is 0.392 e. The average molecular weight is 286 g/mol. The normalized spacial score (nSPS) is 13.7. The molecule has 2 atom stereocenters. The minimum Gasteiger partial charge on any atom is -0.392 e. The quantitative estimate of drug-likeness (QED) is 0.823. The zero-order valence-electron chi connectivity index (χ0n) is 12.0. The zero-order chi connectivity index (χ0) is 15.2. The van der Waals surface area contributed by atoms with Crippen LogP contribution in [0.5, 0.6) is 0 Å². The van der Waals surface area contributed by atoms with Crippen molar-refractivity contribution in [3.05, 3.63) is 71.5 Å². The van der Waals surface area contributed by atoms with E-state index in [0.717, 1.165) is 5.56 Å². The summed E-state index contributed by atoms with van der Waals surface area (Å²) in [5, 5.41) is 10.2. The van der Waals surface area contributed by atoms with E-state index in [-0.39, 0.29) is 11.6 Å². The van der Waals surface area contributed by atoms with Gasteiger partial charge in [-0.05, 0) is 30.5 Å². The van der Waals surface area contributed by atoms with E-state index in [0.29, 0.717) is 18.4 Å². The van der Waals surface area contributed by atoms with Crippen molar-refractivity contribution in [1.29, 1.82) is 0 Å². The van der Waals surface area contributed by atoms with Crippen molar-refractivity contribution < 1.29 is 14.3 Å². The first-order valence-corrected chi connectivity index (χ1v) is 7.13. The van der Waals surface area contributed by atoms with Crippen LogP contribution in [0.2, 0.25) is 0 Å². The van der Waals surface area contributed by atoms with E-state index < -0.39 is 12.0 Å². The number of ketones is 1. The van der Waals surface area contributed by atoms with E-state index >= 15 is 0 Å². The number of aliphatic hydroxyl groups is 1. The second-order valence-electron chi connectivity index (χ2n) is 5.14. The molecule has 0 amide bonds. The number of benzene rings is 2. The Morgan fingerprint density at radius 3 is 2.29 bits per heavy atom. The first-order valence-electron chi connectivity index (χ1n) is 7.13. The highest BCUT2D eigenvalue weighted by atomic mass is 19.1. The fraction of sp³-hybridized carbons (Fsp3) is 0.278. The molecule has 0 radical (unpaired) electrons. The third-order valence-corrected chi connectivity index (χ3v) is 3.65. The molecule has 0 heterocycles. The molecule has 0 fully saturated rings. The molecule has 2 nitrogen and oxygen atoms in total. The van der Waals surface area contributed by atoms with Gasteiger partial charge in [0.15, 0.2) is 5.78 Å². The van der Waals surface area contributed by atoms with Crippen molar-refractivity contribution in [3.63, 3.8) is 0 Å². The summed E-state index contributed by atoms with van der Waals surface area (Å²) in [5.41, 5.74) is 1.44. The summed E-state index contributed by atoms with van der Waals surface area (Å²) in [5.74, 6) is -0.891. The minimum absolute atomic E-state index is 0.0747. The van der Waals surface area contributed by atoms with Crippen LogP contribution >= 0.6 is 0 Å². The van der Waals surface area contributed by atoms with E-state index in [9.17, 15) is 14.3 Å². The minimum atomic E-state index is -0.706. The third-order valence-electron chi connectivity index (χ3n) is 3.65. The second kappa shape index (κ2) is 7.14. The molecule has 110 valence electrons. The van der Waals surface area contributed by atoms with Gasteiger partial charge >= 0.3 is 0 Å². The molecule has 2 rings (SSSR count). The van der Waals surface area contributed by atoms with Crippen molar-refractivity contribution in [2.24, 2.45) is 5.92 Å². The van der Waals surface area contributed by atoms with Crippen LogP contribution in [-0.4, -0.2) is 17.0 Å². The van der Waals surface area contributed by atoms with Crippen molar-refractivity contribution in [3.8, 4) is 0 Å². The van der Waals surface area contributed by atoms with Crippen LogP contribution in [0, 0.1) is 11.7 Å². The van der Waals surface area contributed by atoms with Gasteiger partial charge in [-0.1, -0.05) is 49.4 Å². The number of hydrogen-bond acceptors (Lipinski definition) is 2. The number of carbonyl (C=O) groups is 1. The lowest BCUT2D eigenvalue weighted by molar-refractivity contribution is 0.0667. The molecule has 1 N–H and O–H groups in total. The lowest BCUT2D eigenvalue weighted by Gasteiger charge is -2.21. The average Bonchev–Trinajstić information content (AvgIpc) is 2.54. The number of aliphatic hydroxyl groups excluding tert-OH is 1. The van der Waals surface area contributed by atoms with E-state index in [1.807, 2.05) is 13.0 Å². The summed E-state index contributed by atoms with van der Waals surface area (Å²) in [7, 11) is 0. The summed E-state index contributed by atoms with van der Waals surface area (Å²) >= 11 is 0. The maximum atomic E-state index is 13.0. The highest BCUT2D eigenvalue weighted by Crippen LogP contribution is 2.20. The van der Waals surface area contributed by atoms with E-state index in [1.165, 1.54) is 12.1 Å². The van der Waals surface area contributed by atoms with E-state index in [4.69, 9.17) is 0 Å². The standard InChI is InChI=1S/C18H19FO2/c1-2-17(20)16(12-13-8-10-15(19)11-9-13)18(21)14-6-4-3-5-7-14/h3-11,16-17,20H,2,12H2,1H3. The molecule has 0 bridgehead atoms. The first-order chi connectivity index (χ1) is 10.1. The van der Waals surface area contributed by atoms with Gasteiger partial charge in [0, 0.05) is 5.56 Å². The molecule has 0 aromatic heterocycles. The van der Waals surface area contributed by atoms with Gasteiger partial charge in [-0.15, -0.1) is 0 Å². The SMILES string of the molecule is CCC(O)C(Cc1ccc(F)cc1)C(=O)c1ccccc1. The molecular formula is C18H19FO2. The van der Waals surface area contributed by atoms with Crippen LogP contribution in [-0.2, 0) is 6.42 Å². The Labute approximate surface area is 124 Å². The summed E-state index contributed by atoms with van der Waals surface area (Å²) in [6.07, 6.45) is 0.204. The zero-order valence-corrected chi connectivity index (χ0v) is 12.0. The van der Waals surface area contributed by atoms with E-state index in [2.05, 4.69) is 0 Å². The van der Waals surface area contributed by atoms with Crippen LogP contribution in [0.1, 0.15) is 29.3 Å². The third kappa shape index (κ3) is 3.99. The first kappa shape index (κ1) is 15.4. The molecule has 2 aromatic rings. The monoisotopic (exact) mass is 286 g/mol. The topological polar surface area (TPSA) is 37.3 Å². The molecule has 0 aliphatic heterocycles. The molecule has 0 aliphatic rings. The Balaban J connectivity index is 2.22. The predicted molar refractivity (Wildman–Crippen MR) is 80.7 cm³/mol. The Hall–Kier alpha value is -2.00. The molecule has 0 saturated carbocycles. The van der Waals surface area contributed by atoms with Crippen LogP contribution in [0.4, 0.5) is 4.39 Å². The predicted octanol–water partition coefficient (Wildman–Crippen LogP) is 3.64. The summed E-state index contributed by atoms with van der Waals surface area (Å²) < 4.78 is 13.0. The number of hydrogen-bond donors (Lipinski definition) is 1. The van der Waals surface area contributed by atoms with Crippen molar-refractivity contribution in [2.75, 3.05) is 0 Å². The molecule has 2 unspecified atom stereocenters. The van der Waals surface area contributed by atoms with Gasteiger partial charge < -0.3 is 5.11 Å². The lowest BCUT2D eigenvalue weighted by atomic mass is 9.86. The summed E-state index contributed by atoms with van der Waals surface area (Å²) in [6.45, 7) is 1.85. The van der Waals surface area contributed by atoms with Crippen molar-refractivity contribution in [1.82, 2.24) is 0 Å². The van der Waals surface area contributed by atoms with Crippen LogP contribution in [0.15, 0.2) is 54.6 Å². The maximum absolute atomic E-state index is 13.0. The van der Waals surface area contributed by atoms with Gasteiger partial charge in [-0.25, -0.2) is 4.39 Å². The number of Topliss-reactive ketones (excluding diaryl/α,β-unsaturated/α-hetero) is 1.